The van der Waals surface area contributed by atoms with E-state index >= 15 is 0 Å². The lowest BCUT2D eigenvalue weighted by molar-refractivity contribution is -0.154. The van der Waals surface area contributed by atoms with Crippen molar-refractivity contribution in [2.75, 3.05) is 45.9 Å². The first kappa shape index (κ1) is 22.2. The van der Waals surface area contributed by atoms with Crippen LogP contribution in [0.2, 0.25) is 5.02 Å². The molecule has 2 heterocycles. The molecule has 1 aliphatic heterocycles. The minimum atomic E-state index is -4.44. The molecule has 1 aliphatic rings. The molecule has 0 bridgehead atoms. The average Bonchev–Trinajstić information content (AvgIpc) is 2.73. The molecule has 0 aliphatic carbocycles. The Balaban J connectivity index is 1.42. The molecule has 1 fully saturated rings. The highest BCUT2D eigenvalue weighted by atomic mass is 35.5. The van der Waals surface area contributed by atoms with Gasteiger partial charge in [0.05, 0.1) is 10.6 Å². The molecule has 0 spiro atoms. The van der Waals surface area contributed by atoms with Crippen molar-refractivity contribution in [1.29, 1.82) is 0 Å². The fourth-order valence-corrected chi connectivity index (χ4v) is 3.14. The van der Waals surface area contributed by atoms with Crippen LogP contribution in [0.4, 0.5) is 13.2 Å². The Morgan fingerprint density at radius 1 is 1.07 bits per heavy atom. The van der Waals surface area contributed by atoms with Crippen molar-refractivity contribution in [2.45, 2.75) is 6.18 Å². The van der Waals surface area contributed by atoms with Gasteiger partial charge in [-0.2, -0.15) is 13.2 Å². The van der Waals surface area contributed by atoms with E-state index in [2.05, 4.69) is 14.6 Å². The molecular weight excluding hydrogens is 423 g/mol. The van der Waals surface area contributed by atoms with Crippen LogP contribution in [-0.4, -0.2) is 72.8 Å². The van der Waals surface area contributed by atoms with Crippen LogP contribution in [0.5, 0.6) is 11.6 Å². The Hall–Kier alpha value is -2.52. The van der Waals surface area contributed by atoms with Gasteiger partial charge in [0.1, 0.15) is 12.4 Å². The van der Waals surface area contributed by atoms with Gasteiger partial charge in [-0.05, 0) is 18.2 Å². The summed E-state index contributed by atoms with van der Waals surface area (Å²) in [6.07, 6.45) is -3.20. The number of hydrogen-bond acceptors (Lipinski definition) is 5. The number of pyridine rings is 1. The number of ether oxygens (including phenoxy) is 2. The Morgan fingerprint density at radius 3 is 2.43 bits per heavy atom. The molecule has 162 valence electrons. The summed E-state index contributed by atoms with van der Waals surface area (Å²) in [5.41, 5.74) is 0.310. The molecule has 1 aromatic heterocycles. The molecule has 1 saturated heterocycles. The zero-order valence-electron chi connectivity index (χ0n) is 16.1. The predicted molar refractivity (Wildman–Crippen MR) is 105 cm³/mol. The molecule has 0 atom stereocenters. The van der Waals surface area contributed by atoms with Crippen LogP contribution < -0.4 is 9.47 Å². The number of aromatic nitrogens is 1. The highest BCUT2D eigenvalue weighted by Gasteiger charge is 2.29. The number of carbonyl (C=O) groups is 1. The Labute approximate surface area is 177 Å². The number of benzene rings is 1. The topological polar surface area (TPSA) is 54.9 Å². The number of piperazine rings is 1. The van der Waals surface area contributed by atoms with Gasteiger partial charge in [0.25, 0.3) is 5.91 Å². The van der Waals surface area contributed by atoms with Crippen LogP contribution in [0, 0.1) is 0 Å². The second kappa shape index (κ2) is 9.99. The van der Waals surface area contributed by atoms with E-state index in [0.29, 0.717) is 55.7 Å². The second-order valence-electron chi connectivity index (χ2n) is 6.70. The van der Waals surface area contributed by atoms with E-state index < -0.39 is 12.8 Å². The van der Waals surface area contributed by atoms with Gasteiger partial charge < -0.3 is 14.4 Å². The van der Waals surface area contributed by atoms with E-state index in [4.69, 9.17) is 16.3 Å². The number of para-hydroxylation sites is 1. The normalized spacial score (nSPS) is 15.1. The molecule has 10 heteroatoms. The van der Waals surface area contributed by atoms with E-state index in [1.165, 1.54) is 18.3 Å². The van der Waals surface area contributed by atoms with Gasteiger partial charge in [0.15, 0.2) is 6.61 Å². The van der Waals surface area contributed by atoms with Gasteiger partial charge >= 0.3 is 6.18 Å². The van der Waals surface area contributed by atoms with Gasteiger partial charge in [-0.15, -0.1) is 0 Å². The van der Waals surface area contributed by atoms with Crippen molar-refractivity contribution in [3.63, 3.8) is 0 Å². The third-order valence-electron chi connectivity index (χ3n) is 4.53. The van der Waals surface area contributed by atoms with Crippen molar-refractivity contribution < 1.29 is 27.4 Å². The van der Waals surface area contributed by atoms with E-state index in [1.54, 1.807) is 11.0 Å². The van der Waals surface area contributed by atoms with Crippen LogP contribution in [0.1, 0.15) is 10.4 Å². The molecule has 0 unspecified atom stereocenters. The summed E-state index contributed by atoms with van der Waals surface area (Å²) in [6, 6.07) is 9.96. The Bertz CT molecular complexity index is 841. The summed E-state index contributed by atoms with van der Waals surface area (Å²) in [6.45, 7) is 2.24. The molecule has 0 N–H and O–H groups in total. The highest BCUT2D eigenvalue weighted by Crippen LogP contribution is 2.23. The molecule has 0 radical (unpaired) electrons. The Kier molecular flexibility index (Phi) is 7.38. The summed E-state index contributed by atoms with van der Waals surface area (Å²) in [7, 11) is 0. The van der Waals surface area contributed by atoms with Crippen LogP contribution >= 0.6 is 11.6 Å². The summed E-state index contributed by atoms with van der Waals surface area (Å²) in [4.78, 5) is 20.2. The summed E-state index contributed by atoms with van der Waals surface area (Å²) in [5.74, 6) is 0.257. The van der Waals surface area contributed by atoms with Gasteiger partial charge in [-0.1, -0.05) is 23.7 Å². The number of alkyl halides is 3. The van der Waals surface area contributed by atoms with Crippen molar-refractivity contribution in [2.24, 2.45) is 0 Å². The first-order valence-electron chi connectivity index (χ1n) is 9.36. The van der Waals surface area contributed by atoms with Gasteiger partial charge in [0, 0.05) is 45.0 Å². The van der Waals surface area contributed by atoms with E-state index in [0.717, 1.165) is 0 Å². The first-order valence-corrected chi connectivity index (χ1v) is 9.74. The largest absolute Gasteiger partial charge is 0.491 e. The first-order chi connectivity index (χ1) is 14.3. The predicted octanol–water partition coefficient (Wildman–Crippen LogP) is 3.51. The van der Waals surface area contributed by atoms with Gasteiger partial charge in [0.2, 0.25) is 5.88 Å². The summed E-state index contributed by atoms with van der Waals surface area (Å²) < 4.78 is 46.8. The van der Waals surface area contributed by atoms with E-state index in [1.807, 2.05) is 18.2 Å². The van der Waals surface area contributed by atoms with Crippen molar-refractivity contribution in [3.8, 4) is 11.6 Å². The maximum atomic E-state index is 12.6. The quantitative estimate of drug-likeness (QED) is 0.655. The monoisotopic (exact) mass is 443 g/mol. The molecule has 1 aromatic carbocycles. The third kappa shape index (κ3) is 6.50. The van der Waals surface area contributed by atoms with E-state index in [-0.39, 0.29) is 11.8 Å². The molecule has 0 saturated carbocycles. The molecule has 3 rings (SSSR count). The maximum Gasteiger partial charge on any atom is 0.422 e. The minimum Gasteiger partial charge on any atom is -0.491 e. The van der Waals surface area contributed by atoms with Crippen LogP contribution in [-0.2, 0) is 0 Å². The highest BCUT2D eigenvalue weighted by molar-refractivity contribution is 6.32. The van der Waals surface area contributed by atoms with Crippen LogP contribution in [0.25, 0.3) is 0 Å². The lowest BCUT2D eigenvalue weighted by Gasteiger charge is -2.34. The molecule has 2 aromatic rings. The molecule has 30 heavy (non-hydrogen) atoms. The fraction of sp³-hybridized carbons (Fsp3) is 0.400. The number of halogens is 4. The van der Waals surface area contributed by atoms with Gasteiger partial charge in [-0.25, -0.2) is 4.98 Å². The SMILES string of the molecule is O=C(c1ccc(OCC(F)(F)F)nc1)N1CCN(CCOc2ccccc2Cl)CC1. The van der Waals surface area contributed by atoms with Gasteiger partial charge in [-0.3, -0.25) is 9.69 Å². The van der Waals surface area contributed by atoms with E-state index in [9.17, 15) is 18.0 Å². The van der Waals surface area contributed by atoms with Crippen LogP contribution in [0.3, 0.4) is 0 Å². The standard InChI is InChI=1S/C20H21ClF3N3O3/c21-16-3-1-2-4-17(16)29-12-11-26-7-9-27(10-8-26)19(28)15-5-6-18(25-13-15)30-14-20(22,23)24/h1-6,13H,7-12,14H2. The van der Waals surface area contributed by atoms with Crippen molar-refractivity contribution >= 4 is 17.5 Å². The number of hydrogen-bond donors (Lipinski definition) is 0. The smallest absolute Gasteiger partial charge is 0.422 e. The Morgan fingerprint density at radius 2 is 1.80 bits per heavy atom. The average molecular weight is 444 g/mol. The zero-order valence-corrected chi connectivity index (χ0v) is 16.8. The lowest BCUT2D eigenvalue weighted by Crippen LogP contribution is -2.49. The number of carbonyl (C=O) groups excluding carboxylic acids is 1. The summed E-state index contributed by atoms with van der Waals surface area (Å²) >= 11 is 6.06. The minimum absolute atomic E-state index is 0.174. The van der Waals surface area contributed by atoms with Crippen LogP contribution in [0.15, 0.2) is 42.6 Å². The van der Waals surface area contributed by atoms with Crippen molar-refractivity contribution in [1.82, 2.24) is 14.8 Å². The molecular formula is C20H21ClF3N3O3. The van der Waals surface area contributed by atoms with Crippen molar-refractivity contribution in [3.05, 3.63) is 53.2 Å². The number of nitrogens with zero attached hydrogens (tertiary/aromatic N) is 3. The zero-order chi connectivity index (χ0) is 21.6. The number of amides is 1. The lowest BCUT2D eigenvalue weighted by atomic mass is 10.2. The third-order valence-corrected chi connectivity index (χ3v) is 4.84. The number of rotatable bonds is 7. The summed E-state index contributed by atoms with van der Waals surface area (Å²) in [5, 5.41) is 0.566. The maximum absolute atomic E-state index is 12.6. The molecule has 6 nitrogen and oxygen atoms in total. The second-order valence-corrected chi connectivity index (χ2v) is 7.11. The molecule has 1 amide bonds. The fourth-order valence-electron chi connectivity index (χ4n) is 2.95.